The van der Waals surface area contributed by atoms with Crippen LogP contribution < -0.4 is 9.47 Å². The minimum Gasteiger partial charge on any atom is -0.497 e. The number of aromatic nitrogens is 1. The minimum absolute atomic E-state index is 0.145. The van der Waals surface area contributed by atoms with E-state index in [0.29, 0.717) is 34.2 Å². The highest BCUT2D eigenvalue weighted by atomic mass is 32.2. The van der Waals surface area contributed by atoms with Crippen LogP contribution in [0.4, 0.5) is 5.69 Å². The maximum absolute atomic E-state index is 12.9. The molecule has 0 N–H and O–H groups in total. The summed E-state index contributed by atoms with van der Waals surface area (Å²) >= 11 is 0. The van der Waals surface area contributed by atoms with Gasteiger partial charge in [0.25, 0.3) is 0 Å². The van der Waals surface area contributed by atoms with Gasteiger partial charge in [0.15, 0.2) is 22.0 Å². The fourth-order valence-corrected chi connectivity index (χ4v) is 4.43. The van der Waals surface area contributed by atoms with Crippen molar-refractivity contribution in [1.29, 1.82) is 0 Å². The lowest BCUT2D eigenvalue weighted by Crippen LogP contribution is -2.21. The number of benzene rings is 2. The molecule has 2 aromatic carbocycles. The van der Waals surface area contributed by atoms with Crippen LogP contribution >= 0.6 is 0 Å². The summed E-state index contributed by atoms with van der Waals surface area (Å²) in [6.07, 6.45) is 2.79. The van der Waals surface area contributed by atoms with Crippen molar-refractivity contribution >= 4 is 21.2 Å². The Morgan fingerprint density at radius 2 is 1.85 bits per heavy atom. The second kappa shape index (κ2) is 6.55. The maximum Gasteiger partial charge on any atom is 0.186 e. The van der Waals surface area contributed by atoms with Gasteiger partial charge in [-0.15, -0.1) is 0 Å². The fourth-order valence-electron chi connectivity index (χ4n) is 2.96. The lowest BCUT2D eigenvalue weighted by Gasteiger charge is -2.18. The summed E-state index contributed by atoms with van der Waals surface area (Å²) in [6.45, 7) is 0. The van der Waals surface area contributed by atoms with Crippen molar-refractivity contribution in [1.82, 2.24) is 4.98 Å². The van der Waals surface area contributed by atoms with Crippen LogP contribution in [0.5, 0.6) is 11.5 Å². The van der Waals surface area contributed by atoms with E-state index in [-0.39, 0.29) is 10.6 Å². The molecule has 4 rings (SSSR count). The third-order valence-corrected chi connectivity index (χ3v) is 5.97. The summed E-state index contributed by atoms with van der Waals surface area (Å²) in [5.74, 6) is 1.39. The highest BCUT2D eigenvalue weighted by Gasteiger charge is 2.29. The first-order valence-electron chi connectivity index (χ1n) is 8.07. The van der Waals surface area contributed by atoms with Crippen LogP contribution in [0.1, 0.15) is 5.56 Å². The van der Waals surface area contributed by atoms with Crippen LogP contribution in [0, 0.1) is 0 Å². The normalized spacial score (nSPS) is 15.0. The minimum atomic E-state index is -3.57. The topological polar surface area (TPSA) is 91.0 Å². The summed E-state index contributed by atoms with van der Waals surface area (Å²) < 4.78 is 41.7. The van der Waals surface area contributed by atoms with Crippen LogP contribution in [-0.4, -0.2) is 39.1 Å². The molecule has 2 heterocycles. The molecule has 0 unspecified atom stereocenters. The van der Waals surface area contributed by atoms with Crippen LogP contribution in [0.3, 0.4) is 0 Å². The van der Waals surface area contributed by atoms with E-state index in [1.54, 1.807) is 37.4 Å². The number of aliphatic imine (C=N–C) groups is 1. The Kier molecular flexibility index (Phi) is 4.19. The average Bonchev–Trinajstić information content (AvgIpc) is 3.21. The number of hydrogen-bond acceptors (Lipinski definition) is 7. The Morgan fingerprint density at radius 3 is 2.48 bits per heavy atom. The molecular formula is C19H16N2O5S. The van der Waals surface area contributed by atoms with Gasteiger partial charge >= 0.3 is 0 Å². The number of fused-ring (bicyclic) bond motifs is 1. The predicted octanol–water partition coefficient (Wildman–Crippen LogP) is 3.27. The molecule has 0 saturated carbocycles. The molecule has 8 heteroatoms. The highest BCUT2D eigenvalue weighted by molar-refractivity contribution is 7.92. The van der Waals surface area contributed by atoms with Crippen molar-refractivity contribution < 1.29 is 22.3 Å². The van der Waals surface area contributed by atoms with E-state index >= 15 is 0 Å². The highest BCUT2D eigenvalue weighted by Crippen LogP contribution is 2.40. The van der Waals surface area contributed by atoms with E-state index in [9.17, 15) is 8.42 Å². The third-order valence-electron chi connectivity index (χ3n) is 4.32. The predicted molar refractivity (Wildman–Crippen MR) is 99.7 cm³/mol. The Labute approximate surface area is 156 Å². The van der Waals surface area contributed by atoms with E-state index < -0.39 is 9.84 Å². The SMILES string of the molecule is COc1ccc(C2=Nc3cc(OC)c(-c4cnco4)cc3S(=O)(=O)C2)cc1. The molecule has 27 heavy (non-hydrogen) atoms. The largest absolute Gasteiger partial charge is 0.497 e. The summed E-state index contributed by atoms with van der Waals surface area (Å²) in [7, 11) is -0.491. The van der Waals surface area contributed by atoms with Gasteiger partial charge in [-0.2, -0.15) is 0 Å². The van der Waals surface area contributed by atoms with Gasteiger partial charge in [-0.3, -0.25) is 4.99 Å². The number of oxazole rings is 1. The Bertz CT molecular complexity index is 1120. The van der Waals surface area contributed by atoms with Crippen molar-refractivity contribution in [3.63, 3.8) is 0 Å². The van der Waals surface area contributed by atoms with E-state index in [4.69, 9.17) is 13.9 Å². The maximum atomic E-state index is 12.9. The smallest absolute Gasteiger partial charge is 0.186 e. The van der Waals surface area contributed by atoms with Crippen molar-refractivity contribution in [2.45, 2.75) is 4.90 Å². The standard InChI is InChI=1S/C19H16N2O5S/c1-24-13-5-3-12(4-6-13)16-10-27(22,23)19-7-14(18-9-20-11-26-18)17(25-2)8-15(19)21-16/h3-9,11H,10H2,1-2H3. The van der Waals surface area contributed by atoms with Crippen molar-refractivity contribution in [2.75, 3.05) is 20.0 Å². The second-order valence-electron chi connectivity index (χ2n) is 5.93. The van der Waals surface area contributed by atoms with E-state index in [1.165, 1.54) is 25.8 Å². The molecule has 7 nitrogen and oxygen atoms in total. The number of methoxy groups -OCH3 is 2. The number of rotatable bonds is 4. The van der Waals surface area contributed by atoms with Gasteiger partial charge in [-0.05, 0) is 35.9 Å². The number of nitrogens with zero attached hydrogens (tertiary/aromatic N) is 2. The third kappa shape index (κ3) is 3.08. The summed E-state index contributed by atoms with van der Waals surface area (Å²) in [5.41, 5.74) is 2.05. The number of sulfone groups is 1. The van der Waals surface area contributed by atoms with Crippen LogP contribution in [0.15, 0.2) is 63.3 Å². The van der Waals surface area contributed by atoms with Gasteiger partial charge in [-0.25, -0.2) is 13.4 Å². The monoisotopic (exact) mass is 384 g/mol. The molecule has 0 atom stereocenters. The zero-order chi connectivity index (χ0) is 19.0. The van der Waals surface area contributed by atoms with Gasteiger partial charge in [0.2, 0.25) is 0 Å². The molecule has 0 fully saturated rings. The summed E-state index contributed by atoms with van der Waals surface area (Å²) in [5, 5.41) is 0. The zero-order valence-corrected chi connectivity index (χ0v) is 15.5. The molecule has 0 amide bonds. The van der Waals surface area contributed by atoms with Crippen molar-refractivity contribution in [3.05, 3.63) is 54.6 Å². The Balaban J connectivity index is 1.87. The molecule has 0 spiro atoms. The first-order valence-corrected chi connectivity index (χ1v) is 9.72. The summed E-state index contributed by atoms with van der Waals surface area (Å²) in [4.78, 5) is 8.59. The van der Waals surface area contributed by atoms with Crippen molar-refractivity contribution in [3.8, 4) is 22.8 Å². The molecule has 0 bridgehead atoms. The first-order chi connectivity index (χ1) is 13.0. The molecule has 1 aliphatic rings. The number of hydrogen-bond donors (Lipinski definition) is 0. The van der Waals surface area contributed by atoms with Crippen LogP contribution in [0.2, 0.25) is 0 Å². The molecule has 1 aliphatic heterocycles. The Hall–Kier alpha value is -3.13. The van der Waals surface area contributed by atoms with Gasteiger partial charge in [-0.1, -0.05) is 0 Å². The second-order valence-corrected chi connectivity index (χ2v) is 7.89. The van der Waals surface area contributed by atoms with Gasteiger partial charge in [0.05, 0.1) is 48.0 Å². The Morgan fingerprint density at radius 1 is 1.07 bits per heavy atom. The average molecular weight is 384 g/mol. The molecule has 3 aromatic rings. The molecular weight excluding hydrogens is 368 g/mol. The van der Waals surface area contributed by atoms with Gasteiger partial charge in [0.1, 0.15) is 11.5 Å². The van der Waals surface area contributed by atoms with Crippen LogP contribution in [0.25, 0.3) is 11.3 Å². The fraction of sp³-hybridized carbons (Fsp3) is 0.158. The van der Waals surface area contributed by atoms with E-state index in [2.05, 4.69) is 9.98 Å². The molecule has 138 valence electrons. The molecule has 0 saturated heterocycles. The lowest BCUT2D eigenvalue weighted by atomic mass is 10.1. The molecule has 1 aromatic heterocycles. The summed E-state index contributed by atoms with van der Waals surface area (Å²) in [6, 6.07) is 10.3. The lowest BCUT2D eigenvalue weighted by molar-refractivity contribution is 0.414. The molecule has 0 aliphatic carbocycles. The van der Waals surface area contributed by atoms with E-state index in [1.807, 2.05) is 0 Å². The van der Waals surface area contributed by atoms with E-state index in [0.717, 1.165) is 5.56 Å². The quantitative estimate of drug-likeness (QED) is 0.686. The van der Waals surface area contributed by atoms with Crippen molar-refractivity contribution in [2.24, 2.45) is 4.99 Å². The van der Waals surface area contributed by atoms with Gasteiger partial charge in [0, 0.05) is 6.07 Å². The first kappa shape index (κ1) is 17.3. The molecule has 0 radical (unpaired) electrons. The number of ether oxygens (including phenoxy) is 2. The van der Waals surface area contributed by atoms with Crippen LogP contribution in [-0.2, 0) is 9.84 Å². The zero-order valence-electron chi connectivity index (χ0n) is 14.7. The van der Waals surface area contributed by atoms with Gasteiger partial charge < -0.3 is 13.9 Å².